The van der Waals surface area contributed by atoms with Crippen LogP contribution in [0, 0.1) is 20.8 Å². The van der Waals surface area contributed by atoms with Crippen LogP contribution in [0.1, 0.15) is 59.8 Å². The van der Waals surface area contributed by atoms with Crippen molar-refractivity contribution in [3.05, 3.63) is 69.6 Å². The number of carbonyl (C=O) groups excluding carboxylic acids is 2. The molecule has 5 rings (SSSR count). The third-order valence-corrected chi connectivity index (χ3v) is 7.82. The van der Waals surface area contributed by atoms with Gasteiger partial charge in [-0.25, -0.2) is 4.98 Å². The largest absolute Gasteiger partial charge is 0.505 e. The second-order valence-corrected chi connectivity index (χ2v) is 10.8. The van der Waals surface area contributed by atoms with Crippen molar-refractivity contribution in [2.75, 3.05) is 18.6 Å². The number of hydrogen-bond acceptors (Lipinski definition) is 9. The fourth-order valence-corrected chi connectivity index (χ4v) is 5.62. The average Bonchev–Trinajstić information content (AvgIpc) is 3.61. The average molecular weight is 562 g/mol. The van der Waals surface area contributed by atoms with E-state index in [9.17, 15) is 14.7 Å². The first kappa shape index (κ1) is 27.3. The maximum atomic E-state index is 13.6. The van der Waals surface area contributed by atoms with E-state index in [1.807, 2.05) is 29.7 Å². The van der Waals surface area contributed by atoms with Gasteiger partial charge in [-0.3, -0.25) is 14.5 Å². The zero-order chi connectivity index (χ0) is 28.6. The van der Waals surface area contributed by atoms with Crippen LogP contribution in [0.3, 0.4) is 0 Å². The van der Waals surface area contributed by atoms with E-state index in [4.69, 9.17) is 9.47 Å². The number of unbranched alkanes of at least 4 members (excludes halogenated alkanes) is 2. The number of ether oxygens (including phenoxy) is 2. The van der Waals surface area contributed by atoms with Gasteiger partial charge in [0.2, 0.25) is 5.13 Å². The topological polar surface area (TPSA) is 119 Å². The van der Waals surface area contributed by atoms with Crippen LogP contribution >= 0.6 is 11.3 Å². The lowest BCUT2D eigenvalue weighted by Gasteiger charge is -2.23. The molecule has 1 amide bonds. The number of Topliss-reactive ketones (excluding diaryl/α,β-unsaturated/α-hetero) is 1. The van der Waals surface area contributed by atoms with Gasteiger partial charge in [0, 0.05) is 6.20 Å². The van der Waals surface area contributed by atoms with Crippen LogP contribution < -0.4 is 14.4 Å². The Balaban J connectivity index is 1.67. The highest BCUT2D eigenvalue weighted by Crippen LogP contribution is 2.45. The minimum Gasteiger partial charge on any atom is -0.505 e. The molecule has 1 aromatic carbocycles. The molecule has 1 atom stereocenters. The Labute approximate surface area is 235 Å². The number of aliphatic hydroxyl groups excluding tert-OH is 1. The Kier molecular flexibility index (Phi) is 7.57. The number of anilines is 1. The molecule has 1 saturated heterocycles. The van der Waals surface area contributed by atoms with Crippen molar-refractivity contribution in [1.29, 1.82) is 0 Å². The molecule has 3 aromatic heterocycles. The van der Waals surface area contributed by atoms with Gasteiger partial charge in [0.05, 0.1) is 31.0 Å². The van der Waals surface area contributed by atoms with E-state index in [-0.39, 0.29) is 22.2 Å². The van der Waals surface area contributed by atoms with E-state index in [0.717, 1.165) is 24.8 Å². The Morgan fingerprint density at radius 3 is 2.58 bits per heavy atom. The number of imidazole rings is 1. The molecule has 1 aliphatic rings. The van der Waals surface area contributed by atoms with Crippen LogP contribution in [0.2, 0.25) is 0 Å². The van der Waals surface area contributed by atoms with Crippen LogP contribution in [-0.4, -0.2) is 50.1 Å². The Morgan fingerprint density at radius 2 is 1.90 bits per heavy atom. The summed E-state index contributed by atoms with van der Waals surface area (Å²) in [5, 5.41) is 20.7. The summed E-state index contributed by atoms with van der Waals surface area (Å²) in [4.78, 5) is 33.0. The second kappa shape index (κ2) is 11.1. The van der Waals surface area contributed by atoms with Crippen LogP contribution in [0.4, 0.5) is 5.13 Å². The zero-order valence-corrected chi connectivity index (χ0v) is 23.9. The minimum atomic E-state index is -0.985. The molecule has 208 valence electrons. The third-order valence-electron chi connectivity index (χ3n) is 6.98. The van der Waals surface area contributed by atoms with E-state index < -0.39 is 17.7 Å². The number of pyridine rings is 1. The highest BCUT2D eigenvalue weighted by atomic mass is 32.1. The fourth-order valence-electron chi connectivity index (χ4n) is 4.91. The molecular formula is C29H31N5O5S. The zero-order valence-electron chi connectivity index (χ0n) is 23.1. The van der Waals surface area contributed by atoms with Gasteiger partial charge in [0.25, 0.3) is 5.78 Å². The predicted octanol–water partition coefficient (Wildman–Crippen LogP) is 5.31. The lowest BCUT2D eigenvalue weighted by atomic mass is 9.96. The van der Waals surface area contributed by atoms with Gasteiger partial charge in [-0.2, -0.15) is 0 Å². The Hall–Kier alpha value is -4.25. The number of ketones is 1. The van der Waals surface area contributed by atoms with Gasteiger partial charge < -0.3 is 19.0 Å². The summed E-state index contributed by atoms with van der Waals surface area (Å²) in [6.07, 6.45) is 4.88. The van der Waals surface area contributed by atoms with Gasteiger partial charge >= 0.3 is 5.91 Å². The molecule has 4 aromatic rings. The van der Waals surface area contributed by atoms with Gasteiger partial charge in [0.1, 0.15) is 16.3 Å². The Morgan fingerprint density at radius 1 is 1.10 bits per heavy atom. The smallest absolute Gasteiger partial charge is 0.301 e. The summed E-state index contributed by atoms with van der Waals surface area (Å²) in [6.45, 7) is 8.16. The number of aryl methyl sites for hydroxylation is 3. The third kappa shape index (κ3) is 4.70. The number of methoxy groups -OCH3 is 1. The normalized spacial score (nSPS) is 16.7. The molecule has 0 radical (unpaired) electrons. The van der Waals surface area contributed by atoms with Gasteiger partial charge in [-0.1, -0.05) is 43.2 Å². The molecule has 0 aliphatic carbocycles. The lowest BCUT2D eigenvalue weighted by Crippen LogP contribution is -2.29. The van der Waals surface area contributed by atoms with Crippen LogP contribution in [0.25, 0.3) is 11.4 Å². The molecule has 11 heteroatoms. The van der Waals surface area contributed by atoms with Crippen molar-refractivity contribution >= 4 is 39.6 Å². The van der Waals surface area contributed by atoms with E-state index in [0.29, 0.717) is 40.0 Å². The molecule has 4 heterocycles. The molecule has 1 unspecified atom stereocenters. The summed E-state index contributed by atoms with van der Waals surface area (Å²) in [6, 6.07) is 8.06. The number of aliphatic hydroxyl groups is 1. The summed E-state index contributed by atoms with van der Waals surface area (Å²) in [5.41, 5.74) is 2.89. The molecule has 10 nitrogen and oxygen atoms in total. The van der Waals surface area contributed by atoms with Crippen molar-refractivity contribution in [2.24, 2.45) is 0 Å². The van der Waals surface area contributed by atoms with Crippen LogP contribution in [-0.2, 0) is 9.59 Å². The summed E-state index contributed by atoms with van der Waals surface area (Å²) in [7, 11) is 1.53. The number of amides is 1. The number of benzene rings is 1. The number of carbonyl (C=O) groups is 2. The molecule has 1 aliphatic heterocycles. The number of nitrogens with zero attached hydrogens (tertiary/aromatic N) is 5. The highest BCUT2D eigenvalue weighted by Gasteiger charge is 2.49. The van der Waals surface area contributed by atoms with Crippen molar-refractivity contribution in [3.63, 3.8) is 0 Å². The van der Waals surface area contributed by atoms with E-state index in [1.54, 1.807) is 32.0 Å². The number of aromatic nitrogens is 4. The SMILES string of the molecule is CCCCCOc1ccc(C2C(=C(O)c3nc4c(C)cccn4c3C)C(=O)C(=O)N2c2nnc(C)s2)cc1OC. The summed E-state index contributed by atoms with van der Waals surface area (Å²) >= 11 is 1.19. The quantitative estimate of drug-likeness (QED) is 0.126. The number of hydrogen-bond donors (Lipinski definition) is 1. The first-order valence-corrected chi connectivity index (χ1v) is 13.9. The second-order valence-electron chi connectivity index (χ2n) is 9.67. The Bertz CT molecular complexity index is 1640. The maximum Gasteiger partial charge on any atom is 0.301 e. The van der Waals surface area contributed by atoms with Crippen molar-refractivity contribution in [3.8, 4) is 11.5 Å². The lowest BCUT2D eigenvalue weighted by molar-refractivity contribution is -0.132. The fraction of sp³-hybridized carbons (Fsp3) is 0.345. The van der Waals surface area contributed by atoms with Crippen molar-refractivity contribution < 1.29 is 24.2 Å². The molecule has 0 spiro atoms. The highest BCUT2D eigenvalue weighted by molar-refractivity contribution is 7.15. The standard InChI is InChI=1S/C29H31N5O5S/c1-6-7-8-14-39-20-12-11-19(15-21(20)38-5)24-22(26(36)28(37)34(24)29-32-31-18(4)40-29)25(35)23-17(3)33-13-9-10-16(2)27(33)30-23/h9-13,15,24,35H,6-8,14H2,1-5H3. The van der Waals surface area contributed by atoms with Crippen molar-refractivity contribution in [1.82, 2.24) is 19.6 Å². The van der Waals surface area contributed by atoms with Crippen molar-refractivity contribution in [2.45, 2.75) is 53.0 Å². The number of rotatable bonds is 9. The van der Waals surface area contributed by atoms with Crippen LogP contribution in [0.5, 0.6) is 11.5 Å². The van der Waals surface area contributed by atoms with Gasteiger partial charge in [-0.05, 0) is 56.5 Å². The van der Waals surface area contributed by atoms with Crippen LogP contribution in [0.15, 0.2) is 42.1 Å². The number of fused-ring (bicyclic) bond motifs is 1. The maximum absolute atomic E-state index is 13.6. The monoisotopic (exact) mass is 561 g/mol. The summed E-state index contributed by atoms with van der Waals surface area (Å²) < 4.78 is 13.4. The molecule has 40 heavy (non-hydrogen) atoms. The molecule has 1 fully saturated rings. The predicted molar refractivity (Wildman–Crippen MR) is 152 cm³/mol. The molecule has 0 saturated carbocycles. The molecular weight excluding hydrogens is 530 g/mol. The molecule has 1 N–H and O–H groups in total. The van der Waals surface area contributed by atoms with Gasteiger partial charge in [-0.15, -0.1) is 10.2 Å². The van der Waals surface area contributed by atoms with E-state index in [1.165, 1.54) is 23.3 Å². The first-order valence-electron chi connectivity index (χ1n) is 13.1. The minimum absolute atomic E-state index is 0.0827. The first-order chi connectivity index (χ1) is 19.3. The molecule has 0 bridgehead atoms. The van der Waals surface area contributed by atoms with E-state index in [2.05, 4.69) is 22.1 Å². The van der Waals surface area contributed by atoms with E-state index >= 15 is 0 Å². The summed E-state index contributed by atoms with van der Waals surface area (Å²) in [5.74, 6) is -0.988. The van der Waals surface area contributed by atoms with Gasteiger partial charge in [0.15, 0.2) is 17.3 Å².